The molecule has 1 atom stereocenters. The number of aromatic hydroxyl groups is 1. The molecule has 0 unspecified atom stereocenters. The number of rotatable bonds is 5. The molecule has 3 rings (SSSR count). The van der Waals surface area contributed by atoms with Gasteiger partial charge < -0.3 is 15.2 Å². The molecule has 4 nitrogen and oxygen atoms in total. The maximum absolute atomic E-state index is 13.0. The zero-order chi connectivity index (χ0) is 19.6. The van der Waals surface area contributed by atoms with Gasteiger partial charge in [-0.25, -0.2) is 4.98 Å². The Labute approximate surface area is 154 Å². The number of nitrogens with zero attached hydrogens (tertiary/aromatic N) is 1. The second kappa shape index (κ2) is 7.44. The summed E-state index contributed by atoms with van der Waals surface area (Å²) in [5, 5.41) is 14.1. The lowest BCUT2D eigenvalue weighted by Gasteiger charge is -2.19. The highest BCUT2D eigenvalue weighted by Gasteiger charge is 2.35. The molecule has 1 heterocycles. The number of ether oxygens (including phenoxy) is 1. The Balaban J connectivity index is 1.87. The third-order valence-electron chi connectivity index (χ3n) is 4.43. The predicted molar refractivity (Wildman–Crippen MR) is 96.7 cm³/mol. The minimum atomic E-state index is -4.60. The van der Waals surface area contributed by atoms with Crippen LogP contribution in [0.1, 0.15) is 29.7 Å². The van der Waals surface area contributed by atoms with E-state index in [0.717, 1.165) is 22.5 Å². The van der Waals surface area contributed by atoms with Crippen LogP contribution < -0.4 is 10.1 Å². The molecule has 2 N–H and O–H groups in total. The van der Waals surface area contributed by atoms with Crippen molar-refractivity contribution in [3.63, 3.8) is 0 Å². The van der Waals surface area contributed by atoms with Gasteiger partial charge in [0.2, 0.25) is 5.88 Å². The van der Waals surface area contributed by atoms with E-state index in [1.54, 1.807) is 13.0 Å². The Bertz CT molecular complexity index is 958. The van der Waals surface area contributed by atoms with E-state index in [0.29, 0.717) is 12.4 Å². The predicted octanol–water partition coefficient (Wildman–Crippen LogP) is 4.82. The second-order valence-electron chi connectivity index (χ2n) is 6.18. The summed E-state index contributed by atoms with van der Waals surface area (Å²) in [6.07, 6.45) is -4.60. The van der Waals surface area contributed by atoms with Crippen molar-refractivity contribution in [1.82, 2.24) is 10.3 Å². The van der Waals surface area contributed by atoms with Gasteiger partial charge in [-0.1, -0.05) is 30.3 Å². The lowest BCUT2D eigenvalue weighted by Crippen LogP contribution is -2.19. The number of benzene rings is 2. The monoisotopic (exact) mass is 376 g/mol. The molecule has 7 heteroatoms. The third kappa shape index (κ3) is 3.98. The average Bonchev–Trinajstić information content (AvgIpc) is 2.64. The van der Waals surface area contributed by atoms with Gasteiger partial charge in [0.25, 0.3) is 0 Å². The highest BCUT2D eigenvalue weighted by molar-refractivity contribution is 5.82. The van der Waals surface area contributed by atoms with E-state index in [4.69, 9.17) is 4.74 Å². The molecule has 0 aliphatic heterocycles. The Morgan fingerprint density at radius 1 is 1.15 bits per heavy atom. The molecule has 0 aliphatic carbocycles. The van der Waals surface area contributed by atoms with Crippen LogP contribution in [0.3, 0.4) is 0 Å². The van der Waals surface area contributed by atoms with E-state index in [1.165, 1.54) is 19.2 Å². The quantitative estimate of drug-likeness (QED) is 0.670. The molecule has 2 aromatic carbocycles. The minimum Gasteiger partial charge on any atom is -0.507 e. The first-order chi connectivity index (χ1) is 12.8. The Hall–Kier alpha value is -2.80. The lowest BCUT2D eigenvalue weighted by atomic mass is 10.0. The van der Waals surface area contributed by atoms with Gasteiger partial charge in [0.1, 0.15) is 5.75 Å². The van der Waals surface area contributed by atoms with Crippen LogP contribution in [0.15, 0.2) is 48.5 Å². The molecule has 0 saturated heterocycles. The molecule has 0 spiro atoms. The number of fused-ring (bicyclic) bond motifs is 1. The molecule has 0 radical (unpaired) electrons. The van der Waals surface area contributed by atoms with Gasteiger partial charge >= 0.3 is 6.18 Å². The average molecular weight is 376 g/mol. The first-order valence-corrected chi connectivity index (χ1v) is 8.36. The number of phenols is 1. The number of methoxy groups -OCH3 is 1. The summed E-state index contributed by atoms with van der Waals surface area (Å²) in [6, 6.07) is 12.5. The van der Waals surface area contributed by atoms with Gasteiger partial charge in [-0.2, -0.15) is 13.2 Å². The SMILES string of the molecule is COc1cc(CN[C@@H](C)c2cccc(C(F)(F)F)c2O)c2ccccc2n1. The number of hydrogen-bond acceptors (Lipinski definition) is 4. The van der Waals surface area contributed by atoms with Crippen LogP contribution in [0.25, 0.3) is 10.9 Å². The summed E-state index contributed by atoms with van der Waals surface area (Å²) < 4.78 is 44.2. The van der Waals surface area contributed by atoms with Crippen molar-refractivity contribution in [2.45, 2.75) is 25.7 Å². The molecule has 0 saturated carbocycles. The molecular weight excluding hydrogens is 357 g/mol. The molecule has 27 heavy (non-hydrogen) atoms. The first-order valence-electron chi connectivity index (χ1n) is 8.36. The van der Waals surface area contributed by atoms with Crippen molar-refractivity contribution in [2.24, 2.45) is 0 Å². The minimum absolute atomic E-state index is 0.190. The number of halogens is 3. The van der Waals surface area contributed by atoms with Crippen LogP contribution >= 0.6 is 0 Å². The molecule has 0 aliphatic rings. The van der Waals surface area contributed by atoms with Gasteiger partial charge in [-0.15, -0.1) is 0 Å². The summed E-state index contributed by atoms with van der Waals surface area (Å²) in [5.74, 6) is -0.290. The zero-order valence-electron chi connectivity index (χ0n) is 14.8. The van der Waals surface area contributed by atoms with Gasteiger partial charge in [0, 0.05) is 29.6 Å². The number of para-hydroxylation sites is 2. The second-order valence-corrected chi connectivity index (χ2v) is 6.18. The van der Waals surface area contributed by atoms with Crippen LogP contribution in [0.5, 0.6) is 11.6 Å². The van der Waals surface area contributed by atoms with Gasteiger partial charge in [0.05, 0.1) is 18.2 Å². The third-order valence-corrected chi connectivity index (χ3v) is 4.43. The highest BCUT2D eigenvalue weighted by atomic mass is 19.4. The van der Waals surface area contributed by atoms with Crippen LogP contribution in [-0.4, -0.2) is 17.2 Å². The summed E-state index contributed by atoms with van der Waals surface area (Å²) >= 11 is 0. The summed E-state index contributed by atoms with van der Waals surface area (Å²) in [6.45, 7) is 2.08. The van der Waals surface area contributed by atoms with Crippen molar-refractivity contribution in [2.75, 3.05) is 7.11 Å². The zero-order valence-corrected chi connectivity index (χ0v) is 14.8. The maximum atomic E-state index is 13.0. The Morgan fingerprint density at radius 2 is 1.89 bits per heavy atom. The van der Waals surface area contributed by atoms with Crippen molar-refractivity contribution >= 4 is 10.9 Å². The number of aromatic nitrogens is 1. The maximum Gasteiger partial charge on any atom is 0.419 e. The van der Waals surface area contributed by atoms with Crippen molar-refractivity contribution < 1.29 is 23.0 Å². The first kappa shape index (κ1) is 19.0. The van der Waals surface area contributed by atoms with Crippen LogP contribution in [0.4, 0.5) is 13.2 Å². The van der Waals surface area contributed by atoms with E-state index in [2.05, 4.69) is 10.3 Å². The van der Waals surface area contributed by atoms with Gasteiger partial charge in [-0.3, -0.25) is 0 Å². The fourth-order valence-electron chi connectivity index (χ4n) is 2.98. The van der Waals surface area contributed by atoms with E-state index >= 15 is 0 Å². The number of pyridine rings is 1. The Morgan fingerprint density at radius 3 is 2.59 bits per heavy atom. The lowest BCUT2D eigenvalue weighted by molar-refractivity contribution is -0.138. The van der Waals surface area contributed by atoms with Crippen LogP contribution in [-0.2, 0) is 12.7 Å². The van der Waals surface area contributed by atoms with Crippen molar-refractivity contribution in [1.29, 1.82) is 0 Å². The summed E-state index contributed by atoms with van der Waals surface area (Å²) in [4.78, 5) is 4.38. The number of phenolic OH excluding ortho intramolecular Hbond substituents is 1. The van der Waals surface area contributed by atoms with Crippen molar-refractivity contribution in [3.05, 3.63) is 65.2 Å². The number of alkyl halides is 3. The Kier molecular flexibility index (Phi) is 5.23. The molecular formula is C20H19F3N2O2. The van der Waals surface area contributed by atoms with Crippen LogP contribution in [0, 0.1) is 0 Å². The van der Waals surface area contributed by atoms with Crippen LogP contribution in [0.2, 0.25) is 0 Å². The summed E-state index contributed by atoms with van der Waals surface area (Å²) in [5.41, 5.74) is 0.818. The number of nitrogens with one attached hydrogen (secondary N) is 1. The number of hydrogen-bond donors (Lipinski definition) is 2. The molecule has 0 bridgehead atoms. The highest BCUT2D eigenvalue weighted by Crippen LogP contribution is 2.39. The van der Waals surface area contributed by atoms with Gasteiger partial charge in [-0.05, 0) is 24.6 Å². The topological polar surface area (TPSA) is 54.4 Å². The standard InChI is InChI=1S/C20H19F3N2O2/c1-12(14-7-5-8-16(19(14)26)20(21,22)23)24-11-13-10-18(27-2)25-17-9-4-3-6-15(13)17/h3-10,12,24,26H,11H2,1-2H3/t12-/m0/s1. The molecule has 0 amide bonds. The van der Waals surface area contributed by atoms with E-state index in [9.17, 15) is 18.3 Å². The molecule has 142 valence electrons. The largest absolute Gasteiger partial charge is 0.507 e. The fraction of sp³-hybridized carbons (Fsp3) is 0.250. The fourth-order valence-corrected chi connectivity index (χ4v) is 2.98. The summed E-state index contributed by atoms with van der Waals surface area (Å²) in [7, 11) is 1.53. The smallest absolute Gasteiger partial charge is 0.419 e. The van der Waals surface area contributed by atoms with E-state index < -0.39 is 23.5 Å². The van der Waals surface area contributed by atoms with Crippen molar-refractivity contribution in [3.8, 4) is 11.6 Å². The van der Waals surface area contributed by atoms with E-state index in [1.807, 2.05) is 24.3 Å². The van der Waals surface area contributed by atoms with Gasteiger partial charge in [0.15, 0.2) is 0 Å². The normalized spacial score (nSPS) is 12.9. The molecule has 0 fully saturated rings. The van der Waals surface area contributed by atoms with E-state index in [-0.39, 0.29) is 5.56 Å². The molecule has 3 aromatic rings. The molecule has 1 aromatic heterocycles.